The normalized spacial score (nSPS) is 14.8. The molecule has 1 aliphatic heterocycles. The van der Waals surface area contributed by atoms with E-state index in [1.165, 1.54) is 11.8 Å². The molecule has 0 spiro atoms. The van der Waals surface area contributed by atoms with Crippen molar-refractivity contribution in [1.82, 2.24) is 0 Å². The highest BCUT2D eigenvalue weighted by molar-refractivity contribution is 9.10. The molecule has 0 aliphatic carbocycles. The van der Waals surface area contributed by atoms with E-state index in [4.69, 9.17) is 40.2 Å². The lowest BCUT2D eigenvalue weighted by molar-refractivity contribution is -0.113. The Labute approximate surface area is 230 Å². The van der Waals surface area contributed by atoms with E-state index in [1.54, 1.807) is 17.0 Å². The fourth-order valence-corrected chi connectivity index (χ4v) is 6.01. The van der Waals surface area contributed by atoms with E-state index in [0.29, 0.717) is 31.6 Å². The molecule has 1 fully saturated rings. The molecule has 0 atom stereocenters. The van der Waals surface area contributed by atoms with Gasteiger partial charge in [-0.2, -0.15) is 0 Å². The number of thiocarbonyl (C=S) groups is 1. The Morgan fingerprint density at radius 2 is 1.80 bits per heavy atom. The van der Waals surface area contributed by atoms with Crippen molar-refractivity contribution in [2.45, 2.75) is 6.61 Å². The second-order valence-corrected chi connectivity index (χ2v) is 11.1. The van der Waals surface area contributed by atoms with E-state index >= 15 is 0 Å². The molecule has 0 saturated carbocycles. The van der Waals surface area contributed by atoms with Crippen molar-refractivity contribution in [2.75, 3.05) is 4.90 Å². The standard InChI is InChI=1S/C27H16BrCl2NO2S2/c28-21-12-16(8-11-24(21)33-15-18-9-10-19(29)14-22(18)30)13-25-26(32)31(27(34)35-25)23-7-3-5-17-4-1-2-6-20(17)23/h1-14H,15H2/b25-13-. The van der Waals surface area contributed by atoms with Crippen molar-refractivity contribution in [1.29, 1.82) is 0 Å². The summed E-state index contributed by atoms with van der Waals surface area (Å²) in [7, 11) is 0. The highest BCUT2D eigenvalue weighted by Crippen LogP contribution is 2.39. The van der Waals surface area contributed by atoms with Crippen LogP contribution in [0, 0.1) is 0 Å². The number of benzene rings is 4. The van der Waals surface area contributed by atoms with Crippen LogP contribution in [0.2, 0.25) is 10.0 Å². The van der Waals surface area contributed by atoms with Crippen molar-refractivity contribution in [2.24, 2.45) is 0 Å². The maximum Gasteiger partial charge on any atom is 0.270 e. The summed E-state index contributed by atoms with van der Waals surface area (Å²) in [6.45, 7) is 0.303. The molecule has 4 aromatic rings. The summed E-state index contributed by atoms with van der Waals surface area (Å²) < 4.78 is 7.20. The molecule has 0 N–H and O–H groups in total. The summed E-state index contributed by atoms with van der Waals surface area (Å²) in [5, 5.41) is 3.17. The van der Waals surface area contributed by atoms with E-state index in [1.807, 2.05) is 72.8 Å². The Balaban J connectivity index is 1.36. The average Bonchev–Trinajstić information content (AvgIpc) is 3.11. The number of ether oxygens (including phenoxy) is 1. The Kier molecular flexibility index (Phi) is 7.19. The van der Waals surface area contributed by atoms with Gasteiger partial charge in [-0.05, 0) is 63.3 Å². The van der Waals surface area contributed by atoms with E-state index in [9.17, 15) is 4.79 Å². The molecular weight excluding hydrogens is 585 g/mol. The van der Waals surface area contributed by atoms with Gasteiger partial charge in [0.15, 0.2) is 4.32 Å². The van der Waals surface area contributed by atoms with Crippen molar-refractivity contribution in [3.63, 3.8) is 0 Å². The topological polar surface area (TPSA) is 29.5 Å². The summed E-state index contributed by atoms with van der Waals surface area (Å²) in [6, 6.07) is 24.8. The van der Waals surface area contributed by atoms with Gasteiger partial charge in [0.25, 0.3) is 5.91 Å². The third-order valence-electron chi connectivity index (χ3n) is 5.45. The molecular formula is C27H16BrCl2NO2S2. The van der Waals surface area contributed by atoms with Crippen molar-refractivity contribution >= 4 is 95.9 Å². The van der Waals surface area contributed by atoms with Gasteiger partial charge in [0, 0.05) is 21.0 Å². The second kappa shape index (κ2) is 10.3. The number of amides is 1. The van der Waals surface area contributed by atoms with Gasteiger partial charge >= 0.3 is 0 Å². The van der Waals surface area contributed by atoms with Crippen LogP contribution in [0.25, 0.3) is 16.8 Å². The number of carbonyl (C=O) groups is 1. The number of nitrogens with zero attached hydrogens (tertiary/aromatic N) is 1. The highest BCUT2D eigenvalue weighted by atomic mass is 79.9. The molecule has 1 heterocycles. The van der Waals surface area contributed by atoms with Crippen LogP contribution in [0.4, 0.5) is 5.69 Å². The minimum Gasteiger partial charge on any atom is -0.488 e. The summed E-state index contributed by atoms with van der Waals surface area (Å²) in [6.07, 6.45) is 1.84. The highest BCUT2D eigenvalue weighted by Gasteiger charge is 2.34. The summed E-state index contributed by atoms with van der Waals surface area (Å²) in [5.41, 5.74) is 2.48. The maximum atomic E-state index is 13.3. The SMILES string of the molecule is O=C1/C(=C/c2ccc(OCc3ccc(Cl)cc3Cl)c(Br)c2)SC(=S)N1c1cccc2ccccc12. The predicted molar refractivity (Wildman–Crippen MR) is 155 cm³/mol. The van der Waals surface area contributed by atoms with E-state index in [0.717, 1.165) is 32.1 Å². The number of halogens is 3. The molecule has 174 valence electrons. The van der Waals surface area contributed by atoms with Crippen molar-refractivity contribution in [3.8, 4) is 5.75 Å². The Morgan fingerprint density at radius 3 is 2.60 bits per heavy atom. The van der Waals surface area contributed by atoms with Gasteiger partial charge in [-0.25, -0.2) is 0 Å². The maximum absolute atomic E-state index is 13.3. The Bertz CT molecular complexity index is 1520. The fourth-order valence-electron chi connectivity index (χ4n) is 3.75. The number of fused-ring (bicyclic) bond motifs is 1. The number of carbonyl (C=O) groups excluding carboxylic acids is 1. The zero-order valence-electron chi connectivity index (χ0n) is 18.0. The molecule has 35 heavy (non-hydrogen) atoms. The minimum atomic E-state index is -0.134. The molecule has 0 aromatic heterocycles. The van der Waals surface area contributed by atoms with Gasteiger partial charge < -0.3 is 4.74 Å². The molecule has 3 nitrogen and oxygen atoms in total. The minimum absolute atomic E-state index is 0.134. The number of thioether (sulfide) groups is 1. The van der Waals surface area contributed by atoms with Gasteiger partial charge in [0.2, 0.25) is 0 Å². The van der Waals surface area contributed by atoms with Gasteiger partial charge in [-0.15, -0.1) is 0 Å². The second-order valence-electron chi connectivity index (χ2n) is 7.73. The molecule has 5 rings (SSSR count). The third-order valence-corrected chi connectivity index (χ3v) is 7.96. The van der Waals surface area contributed by atoms with Gasteiger partial charge in [-0.1, -0.05) is 95.7 Å². The Hall–Kier alpha value is -2.35. The van der Waals surface area contributed by atoms with Crippen LogP contribution in [-0.4, -0.2) is 10.2 Å². The summed E-state index contributed by atoms with van der Waals surface area (Å²) >= 11 is 22.6. The lowest BCUT2D eigenvalue weighted by Gasteiger charge is -2.17. The number of hydrogen-bond donors (Lipinski definition) is 0. The van der Waals surface area contributed by atoms with Crippen LogP contribution in [0.1, 0.15) is 11.1 Å². The van der Waals surface area contributed by atoms with Gasteiger partial charge in [0.1, 0.15) is 12.4 Å². The van der Waals surface area contributed by atoms with Crippen LogP contribution < -0.4 is 9.64 Å². The molecule has 8 heteroatoms. The van der Waals surface area contributed by atoms with Crippen LogP contribution in [-0.2, 0) is 11.4 Å². The number of hydrogen-bond acceptors (Lipinski definition) is 4. The van der Waals surface area contributed by atoms with Crippen LogP contribution in [0.3, 0.4) is 0 Å². The first-order valence-corrected chi connectivity index (χ1v) is 13.3. The zero-order chi connectivity index (χ0) is 24.5. The van der Waals surface area contributed by atoms with Gasteiger partial charge in [0.05, 0.1) is 15.1 Å². The van der Waals surface area contributed by atoms with Crippen LogP contribution in [0.5, 0.6) is 5.75 Å². The third kappa shape index (κ3) is 5.13. The Morgan fingerprint density at radius 1 is 1.00 bits per heavy atom. The monoisotopic (exact) mass is 599 g/mol. The van der Waals surface area contributed by atoms with E-state index < -0.39 is 0 Å². The summed E-state index contributed by atoms with van der Waals surface area (Å²) in [4.78, 5) is 15.5. The van der Waals surface area contributed by atoms with Crippen molar-refractivity contribution in [3.05, 3.63) is 109 Å². The molecule has 1 amide bonds. The predicted octanol–water partition coefficient (Wildman–Crippen LogP) is 8.89. The van der Waals surface area contributed by atoms with E-state index in [2.05, 4.69) is 15.9 Å². The molecule has 4 aromatic carbocycles. The number of rotatable bonds is 5. The van der Waals surface area contributed by atoms with E-state index in [-0.39, 0.29) is 5.91 Å². The quantitative estimate of drug-likeness (QED) is 0.169. The fraction of sp³-hybridized carbons (Fsp3) is 0.0370. The first-order valence-electron chi connectivity index (χ1n) is 10.5. The molecule has 0 radical (unpaired) electrons. The first-order chi connectivity index (χ1) is 16.9. The molecule has 0 unspecified atom stereocenters. The number of anilines is 1. The first kappa shape index (κ1) is 24.3. The molecule has 1 saturated heterocycles. The zero-order valence-corrected chi connectivity index (χ0v) is 22.7. The van der Waals surface area contributed by atoms with Crippen LogP contribution >= 0.6 is 63.1 Å². The van der Waals surface area contributed by atoms with Gasteiger partial charge in [-0.3, -0.25) is 9.69 Å². The van der Waals surface area contributed by atoms with Crippen molar-refractivity contribution < 1.29 is 9.53 Å². The lowest BCUT2D eigenvalue weighted by Crippen LogP contribution is -2.27. The largest absolute Gasteiger partial charge is 0.488 e. The molecule has 0 bridgehead atoms. The summed E-state index contributed by atoms with van der Waals surface area (Å²) in [5.74, 6) is 0.529. The average molecular weight is 601 g/mol. The molecule has 1 aliphatic rings. The smallest absolute Gasteiger partial charge is 0.270 e. The van der Waals surface area contributed by atoms with Crippen LogP contribution in [0.15, 0.2) is 88.2 Å². The lowest BCUT2D eigenvalue weighted by atomic mass is 10.1.